The Morgan fingerprint density at radius 2 is 1.94 bits per heavy atom. The molecule has 0 saturated carbocycles. The van der Waals surface area contributed by atoms with Crippen LogP contribution in [0.5, 0.6) is 0 Å². The van der Waals surface area contributed by atoms with Gasteiger partial charge >= 0.3 is 5.97 Å². The number of methoxy groups -OCH3 is 1. The third-order valence-corrected chi connectivity index (χ3v) is 2.13. The van der Waals surface area contributed by atoms with E-state index in [1.54, 1.807) is 0 Å². The highest BCUT2D eigenvalue weighted by Crippen LogP contribution is 1.97. The van der Waals surface area contributed by atoms with E-state index < -0.39 is 5.97 Å². The Kier molecular flexibility index (Phi) is 5.51. The number of ether oxygens (including phenoxy) is 1. The third kappa shape index (κ3) is 5.51. The fourth-order valence-electron chi connectivity index (χ4n) is 1.25. The van der Waals surface area contributed by atoms with Crippen molar-refractivity contribution >= 4 is 11.9 Å². The molecule has 0 atom stereocenters. The molecule has 4 nitrogen and oxygen atoms in total. The average Bonchev–Trinajstić information content (AvgIpc) is 2.37. The second kappa shape index (κ2) is 7.22. The zero-order valence-corrected chi connectivity index (χ0v) is 9.68. The highest BCUT2D eigenvalue weighted by molar-refractivity contribution is 5.94. The van der Waals surface area contributed by atoms with Crippen LogP contribution in [0.1, 0.15) is 5.56 Å². The molecule has 1 aromatic carbocycles. The summed E-state index contributed by atoms with van der Waals surface area (Å²) in [4.78, 5) is 22.0. The highest BCUT2D eigenvalue weighted by atomic mass is 16.5. The van der Waals surface area contributed by atoms with Gasteiger partial charge in [-0.2, -0.15) is 0 Å². The van der Waals surface area contributed by atoms with Gasteiger partial charge in [-0.15, -0.1) is 0 Å². The van der Waals surface area contributed by atoms with E-state index in [-0.39, 0.29) is 5.91 Å². The highest BCUT2D eigenvalue weighted by Gasteiger charge is 1.97. The quantitative estimate of drug-likeness (QED) is 0.611. The molecule has 1 rings (SSSR count). The minimum absolute atomic E-state index is 0.300. The Bertz CT molecular complexity index is 398. The summed E-state index contributed by atoms with van der Waals surface area (Å²) in [5, 5.41) is 2.68. The molecule has 0 heterocycles. The van der Waals surface area contributed by atoms with Gasteiger partial charge in [0.2, 0.25) is 5.91 Å². The van der Waals surface area contributed by atoms with Gasteiger partial charge in [0.1, 0.15) is 0 Å². The first-order valence-corrected chi connectivity index (χ1v) is 5.30. The van der Waals surface area contributed by atoms with Crippen LogP contribution >= 0.6 is 0 Å². The van der Waals surface area contributed by atoms with E-state index in [0.29, 0.717) is 6.54 Å². The first kappa shape index (κ1) is 13.0. The lowest BCUT2D eigenvalue weighted by Gasteiger charge is -2.02. The van der Waals surface area contributed by atoms with Crippen LogP contribution in [0.3, 0.4) is 0 Å². The number of amides is 1. The molecule has 1 amide bonds. The van der Waals surface area contributed by atoms with Gasteiger partial charge in [-0.3, -0.25) is 4.79 Å². The molecular weight excluding hydrogens is 218 g/mol. The van der Waals surface area contributed by atoms with Gasteiger partial charge in [-0.1, -0.05) is 30.3 Å². The maximum Gasteiger partial charge on any atom is 0.330 e. The monoisotopic (exact) mass is 233 g/mol. The first-order valence-electron chi connectivity index (χ1n) is 5.30. The van der Waals surface area contributed by atoms with Gasteiger partial charge in [-0.05, 0) is 12.0 Å². The number of carbonyl (C=O) groups is 2. The van der Waals surface area contributed by atoms with Crippen LogP contribution in [0.4, 0.5) is 0 Å². The Labute approximate surface area is 100 Å². The topological polar surface area (TPSA) is 55.4 Å². The van der Waals surface area contributed by atoms with E-state index in [1.165, 1.54) is 7.11 Å². The summed E-state index contributed by atoms with van der Waals surface area (Å²) in [5.74, 6) is -0.838. The number of nitrogens with one attached hydrogen (secondary N) is 1. The van der Waals surface area contributed by atoms with Crippen molar-refractivity contribution < 1.29 is 14.3 Å². The minimum atomic E-state index is -0.539. The SMILES string of the molecule is COC(=O)/C=C/C(=O)NCCc1ccccc1. The molecule has 90 valence electrons. The van der Waals surface area contributed by atoms with E-state index in [9.17, 15) is 9.59 Å². The third-order valence-electron chi connectivity index (χ3n) is 2.13. The van der Waals surface area contributed by atoms with Crippen LogP contribution in [0, 0.1) is 0 Å². The molecule has 1 aromatic rings. The van der Waals surface area contributed by atoms with Gasteiger partial charge in [0, 0.05) is 18.7 Å². The maximum absolute atomic E-state index is 11.2. The van der Waals surface area contributed by atoms with Gasteiger partial charge < -0.3 is 10.1 Å². The van der Waals surface area contributed by atoms with Crippen molar-refractivity contribution in [1.29, 1.82) is 0 Å². The Hall–Kier alpha value is -2.10. The van der Waals surface area contributed by atoms with Gasteiger partial charge in [0.25, 0.3) is 0 Å². The molecule has 0 unspecified atom stereocenters. The van der Waals surface area contributed by atoms with Crippen LogP contribution in [0.2, 0.25) is 0 Å². The fourth-order valence-corrected chi connectivity index (χ4v) is 1.25. The van der Waals surface area contributed by atoms with Crippen molar-refractivity contribution in [3.8, 4) is 0 Å². The first-order chi connectivity index (χ1) is 8.22. The molecule has 0 fully saturated rings. The largest absolute Gasteiger partial charge is 0.466 e. The number of esters is 1. The standard InChI is InChI=1S/C13H15NO3/c1-17-13(16)8-7-12(15)14-10-9-11-5-3-2-4-6-11/h2-8H,9-10H2,1H3,(H,14,15)/b8-7+. The molecule has 0 aliphatic carbocycles. The Balaban J connectivity index is 2.25. The number of benzene rings is 1. The van der Waals surface area contributed by atoms with Crippen LogP contribution in [-0.4, -0.2) is 25.5 Å². The van der Waals surface area contributed by atoms with Crippen molar-refractivity contribution in [2.24, 2.45) is 0 Å². The van der Waals surface area contributed by atoms with Crippen molar-refractivity contribution in [2.45, 2.75) is 6.42 Å². The predicted octanol–water partition coefficient (Wildman–Crippen LogP) is 1.07. The van der Waals surface area contributed by atoms with Crippen molar-refractivity contribution in [3.05, 3.63) is 48.0 Å². The lowest BCUT2D eigenvalue weighted by atomic mass is 10.1. The zero-order valence-electron chi connectivity index (χ0n) is 9.68. The summed E-state index contributed by atoms with van der Waals surface area (Å²) >= 11 is 0. The summed E-state index contributed by atoms with van der Waals surface area (Å²) in [6.07, 6.45) is 3.02. The predicted molar refractivity (Wildman–Crippen MR) is 64.3 cm³/mol. The van der Waals surface area contributed by atoms with Crippen molar-refractivity contribution in [3.63, 3.8) is 0 Å². The van der Waals surface area contributed by atoms with E-state index >= 15 is 0 Å². The molecule has 0 aromatic heterocycles. The molecule has 0 bridgehead atoms. The van der Waals surface area contributed by atoms with Crippen LogP contribution < -0.4 is 5.32 Å². The van der Waals surface area contributed by atoms with E-state index in [4.69, 9.17) is 0 Å². The molecule has 1 N–H and O–H groups in total. The average molecular weight is 233 g/mol. The lowest BCUT2D eigenvalue weighted by Crippen LogP contribution is -2.23. The molecule has 0 radical (unpaired) electrons. The second-order valence-electron chi connectivity index (χ2n) is 3.38. The Morgan fingerprint density at radius 1 is 1.24 bits per heavy atom. The smallest absolute Gasteiger partial charge is 0.330 e. The van der Waals surface area contributed by atoms with Crippen LogP contribution in [-0.2, 0) is 20.7 Å². The number of carbonyl (C=O) groups excluding carboxylic acids is 2. The van der Waals surface area contributed by atoms with Crippen molar-refractivity contribution in [2.75, 3.05) is 13.7 Å². The van der Waals surface area contributed by atoms with E-state index in [0.717, 1.165) is 24.1 Å². The summed E-state index contributed by atoms with van der Waals surface area (Å²) in [5.41, 5.74) is 1.16. The summed E-state index contributed by atoms with van der Waals surface area (Å²) < 4.78 is 4.37. The number of hydrogen-bond acceptors (Lipinski definition) is 3. The van der Waals surface area contributed by atoms with Gasteiger partial charge in [-0.25, -0.2) is 4.79 Å². The molecule has 17 heavy (non-hydrogen) atoms. The summed E-state index contributed by atoms with van der Waals surface area (Å²) in [6.45, 7) is 0.536. The minimum Gasteiger partial charge on any atom is -0.466 e. The normalized spacial score (nSPS) is 10.2. The fraction of sp³-hybridized carbons (Fsp3) is 0.231. The van der Waals surface area contributed by atoms with E-state index in [1.807, 2.05) is 30.3 Å². The molecule has 0 aliphatic rings. The summed E-state index contributed by atoms with van der Waals surface area (Å²) in [7, 11) is 1.26. The van der Waals surface area contributed by atoms with Gasteiger partial charge in [0.15, 0.2) is 0 Å². The summed E-state index contributed by atoms with van der Waals surface area (Å²) in [6, 6.07) is 9.84. The lowest BCUT2D eigenvalue weighted by molar-refractivity contribution is -0.135. The van der Waals surface area contributed by atoms with Crippen LogP contribution in [0.25, 0.3) is 0 Å². The maximum atomic E-state index is 11.2. The zero-order chi connectivity index (χ0) is 12.5. The van der Waals surface area contributed by atoms with Gasteiger partial charge in [0.05, 0.1) is 7.11 Å². The van der Waals surface area contributed by atoms with Crippen molar-refractivity contribution in [1.82, 2.24) is 5.32 Å². The Morgan fingerprint density at radius 3 is 2.59 bits per heavy atom. The second-order valence-corrected chi connectivity index (χ2v) is 3.38. The number of hydrogen-bond donors (Lipinski definition) is 1. The molecular formula is C13H15NO3. The molecule has 0 saturated heterocycles. The number of rotatable bonds is 5. The van der Waals surface area contributed by atoms with Crippen LogP contribution in [0.15, 0.2) is 42.5 Å². The van der Waals surface area contributed by atoms with E-state index in [2.05, 4.69) is 10.1 Å². The molecule has 0 spiro atoms. The molecule has 4 heteroatoms. The molecule has 0 aliphatic heterocycles.